The first kappa shape index (κ1) is 12.0. The zero-order chi connectivity index (χ0) is 13.2. The third-order valence-corrected chi connectivity index (χ3v) is 3.39. The van der Waals surface area contributed by atoms with Crippen molar-refractivity contribution in [2.75, 3.05) is 13.1 Å². The van der Waals surface area contributed by atoms with Crippen LogP contribution in [0.3, 0.4) is 0 Å². The largest absolute Gasteiger partial charge is 0.389 e. The van der Waals surface area contributed by atoms with Crippen LogP contribution in [0.1, 0.15) is 16.1 Å². The Kier molecular flexibility index (Phi) is 3.09. The number of carbonyl (C=O) groups excluding carboxylic acids is 1. The molecule has 2 heterocycles. The van der Waals surface area contributed by atoms with Crippen LogP contribution in [-0.4, -0.2) is 39.7 Å². The fourth-order valence-electron chi connectivity index (χ4n) is 2.31. The molecule has 4 heteroatoms. The topological polar surface area (TPSA) is 45.5 Å². The van der Waals surface area contributed by atoms with Crippen LogP contribution in [0.5, 0.6) is 0 Å². The van der Waals surface area contributed by atoms with E-state index in [-0.39, 0.29) is 12.0 Å². The van der Waals surface area contributed by atoms with E-state index >= 15 is 0 Å². The molecule has 1 aromatic heterocycles. The fraction of sp³-hybridized carbons (Fsp3) is 0.267. The summed E-state index contributed by atoms with van der Waals surface area (Å²) in [4.78, 5) is 13.9. The second-order valence-electron chi connectivity index (χ2n) is 4.87. The lowest BCUT2D eigenvalue weighted by Crippen LogP contribution is -2.53. The first-order chi connectivity index (χ1) is 9.24. The standard InChI is InChI=1S/C15H16N2O2/c18-13-10-17(11-13)15(19)14-7-4-8-16(14)9-12-5-2-1-3-6-12/h1-8,13,18H,9-11H2. The molecule has 1 amide bonds. The Hall–Kier alpha value is -2.07. The van der Waals surface area contributed by atoms with Gasteiger partial charge in [-0.25, -0.2) is 0 Å². The summed E-state index contributed by atoms with van der Waals surface area (Å²) in [5, 5.41) is 9.27. The molecule has 0 spiro atoms. The van der Waals surface area contributed by atoms with E-state index in [1.165, 1.54) is 0 Å². The minimum atomic E-state index is -0.360. The van der Waals surface area contributed by atoms with Gasteiger partial charge in [0.2, 0.25) is 0 Å². The molecule has 1 aliphatic rings. The summed E-state index contributed by atoms with van der Waals surface area (Å²) in [6.45, 7) is 1.57. The average molecular weight is 256 g/mol. The third-order valence-electron chi connectivity index (χ3n) is 3.39. The number of aliphatic hydroxyl groups excluding tert-OH is 1. The number of carbonyl (C=O) groups is 1. The molecule has 1 aromatic carbocycles. The van der Waals surface area contributed by atoms with E-state index in [9.17, 15) is 9.90 Å². The maximum atomic E-state index is 12.2. The maximum Gasteiger partial charge on any atom is 0.270 e. The summed E-state index contributed by atoms with van der Waals surface area (Å²) in [5.41, 5.74) is 1.84. The van der Waals surface area contributed by atoms with E-state index < -0.39 is 0 Å². The molecule has 0 aliphatic carbocycles. The Labute approximate surface area is 111 Å². The molecule has 0 radical (unpaired) electrons. The Morgan fingerprint density at radius 3 is 2.58 bits per heavy atom. The summed E-state index contributed by atoms with van der Waals surface area (Å²) < 4.78 is 1.95. The van der Waals surface area contributed by atoms with E-state index in [1.807, 2.05) is 53.2 Å². The van der Waals surface area contributed by atoms with Crippen molar-refractivity contribution >= 4 is 5.91 Å². The maximum absolute atomic E-state index is 12.2. The Morgan fingerprint density at radius 2 is 1.89 bits per heavy atom. The molecule has 1 saturated heterocycles. The summed E-state index contributed by atoms with van der Waals surface area (Å²) in [5.74, 6) is -0.00812. The smallest absolute Gasteiger partial charge is 0.270 e. The van der Waals surface area contributed by atoms with E-state index in [2.05, 4.69) is 0 Å². The predicted molar refractivity (Wildman–Crippen MR) is 71.9 cm³/mol. The minimum Gasteiger partial charge on any atom is -0.389 e. The molecule has 98 valence electrons. The lowest BCUT2D eigenvalue weighted by atomic mass is 10.1. The summed E-state index contributed by atoms with van der Waals surface area (Å²) in [6, 6.07) is 13.8. The number of hydrogen-bond acceptors (Lipinski definition) is 2. The molecule has 19 heavy (non-hydrogen) atoms. The van der Waals surface area contributed by atoms with Gasteiger partial charge in [-0.2, -0.15) is 0 Å². The van der Waals surface area contributed by atoms with Gasteiger partial charge in [0.15, 0.2) is 0 Å². The molecule has 1 fully saturated rings. The highest BCUT2D eigenvalue weighted by Crippen LogP contribution is 2.15. The third kappa shape index (κ3) is 2.39. The van der Waals surface area contributed by atoms with Gasteiger partial charge in [0.25, 0.3) is 5.91 Å². The molecular weight excluding hydrogens is 240 g/mol. The highest BCUT2D eigenvalue weighted by atomic mass is 16.3. The second-order valence-corrected chi connectivity index (χ2v) is 4.87. The zero-order valence-electron chi connectivity index (χ0n) is 10.6. The van der Waals surface area contributed by atoms with Gasteiger partial charge in [0.1, 0.15) is 5.69 Å². The van der Waals surface area contributed by atoms with Crippen molar-refractivity contribution in [3.8, 4) is 0 Å². The van der Waals surface area contributed by atoms with Crippen molar-refractivity contribution in [2.45, 2.75) is 12.6 Å². The predicted octanol–water partition coefficient (Wildman–Crippen LogP) is 1.35. The van der Waals surface area contributed by atoms with E-state index in [1.54, 1.807) is 4.90 Å². The fourth-order valence-corrected chi connectivity index (χ4v) is 2.31. The molecule has 1 aliphatic heterocycles. The van der Waals surface area contributed by atoms with Gasteiger partial charge in [0, 0.05) is 25.8 Å². The normalized spacial score (nSPS) is 15.3. The molecule has 4 nitrogen and oxygen atoms in total. The van der Waals surface area contributed by atoms with Gasteiger partial charge in [-0.1, -0.05) is 30.3 Å². The monoisotopic (exact) mass is 256 g/mol. The molecule has 1 N–H and O–H groups in total. The van der Waals surface area contributed by atoms with Crippen molar-refractivity contribution in [3.63, 3.8) is 0 Å². The first-order valence-corrected chi connectivity index (χ1v) is 6.40. The number of aliphatic hydroxyl groups is 1. The number of likely N-dealkylation sites (tertiary alicyclic amines) is 1. The number of aromatic nitrogens is 1. The van der Waals surface area contributed by atoms with E-state index in [4.69, 9.17) is 0 Å². The van der Waals surface area contributed by atoms with Crippen LogP contribution >= 0.6 is 0 Å². The molecule has 3 rings (SSSR count). The van der Waals surface area contributed by atoms with E-state index in [0.717, 1.165) is 5.56 Å². The van der Waals surface area contributed by atoms with E-state index in [0.29, 0.717) is 25.3 Å². The minimum absolute atomic E-state index is 0.00812. The molecule has 0 bridgehead atoms. The van der Waals surface area contributed by atoms with Crippen LogP contribution in [0, 0.1) is 0 Å². The van der Waals surface area contributed by atoms with Crippen molar-refractivity contribution in [3.05, 3.63) is 59.9 Å². The van der Waals surface area contributed by atoms with Crippen molar-refractivity contribution in [1.29, 1.82) is 0 Å². The van der Waals surface area contributed by atoms with Crippen LogP contribution in [0.15, 0.2) is 48.7 Å². The zero-order valence-corrected chi connectivity index (χ0v) is 10.6. The molecule has 0 unspecified atom stereocenters. The van der Waals surface area contributed by atoms with Crippen LogP contribution in [-0.2, 0) is 6.54 Å². The lowest BCUT2D eigenvalue weighted by Gasteiger charge is -2.35. The summed E-state index contributed by atoms with van der Waals surface area (Å²) in [6.07, 6.45) is 1.55. The highest BCUT2D eigenvalue weighted by Gasteiger charge is 2.30. The van der Waals surface area contributed by atoms with Crippen LogP contribution in [0.4, 0.5) is 0 Å². The number of hydrogen-bond donors (Lipinski definition) is 1. The molecule has 0 saturated carbocycles. The molecule has 2 aromatic rings. The highest BCUT2D eigenvalue weighted by molar-refractivity contribution is 5.93. The molecule has 0 atom stereocenters. The van der Waals surface area contributed by atoms with Gasteiger partial charge < -0.3 is 14.6 Å². The lowest BCUT2D eigenvalue weighted by molar-refractivity contribution is 0.00522. The second kappa shape index (κ2) is 4.90. The van der Waals surface area contributed by atoms with Gasteiger partial charge in [-0.3, -0.25) is 4.79 Å². The van der Waals surface area contributed by atoms with Gasteiger partial charge in [-0.15, -0.1) is 0 Å². The summed E-state index contributed by atoms with van der Waals surface area (Å²) in [7, 11) is 0. The van der Waals surface area contributed by atoms with Crippen molar-refractivity contribution in [1.82, 2.24) is 9.47 Å². The van der Waals surface area contributed by atoms with Gasteiger partial charge in [0.05, 0.1) is 6.10 Å². The average Bonchev–Trinajstić information content (AvgIpc) is 2.84. The van der Waals surface area contributed by atoms with Gasteiger partial charge in [-0.05, 0) is 17.7 Å². The number of benzene rings is 1. The summed E-state index contributed by atoms with van der Waals surface area (Å²) >= 11 is 0. The van der Waals surface area contributed by atoms with Crippen LogP contribution in [0.25, 0.3) is 0 Å². The first-order valence-electron chi connectivity index (χ1n) is 6.40. The molecular formula is C15H16N2O2. The number of β-amino-alcohol motifs (C(OH)–C–C–N with tert-alkyl or cyclic N) is 1. The Bertz CT molecular complexity index is 571. The van der Waals surface area contributed by atoms with Crippen molar-refractivity contribution in [2.24, 2.45) is 0 Å². The quantitative estimate of drug-likeness (QED) is 0.901. The Morgan fingerprint density at radius 1 is 1.16 bits per heavy atom. The van der Waals surface area contributed by atoms with Crippen LogP contribution < -0.4 is 0 Å². The Balaban J connectivity index is 1.77. The number of rotatable bonds is 3. The SMILES string of the molecule is O=C(c1cccn1Cc1ccccc1)N1CC(O)C1. The van der Waals surface area contributed by atoms with Crippen molar-refractivity contribution < 1.29 is 9.90 Å². The number of nitrogens with zero attached hydrogens (tertiary/aromatic N) is 2. The number of amides is 1. The van der Waals surface area contributed by atoms with Crippen LogP contribution in [0.2, 0.25) is 0 Å². The van der Waals surface area contributed by atoms with Gasteiger partial charge >= 0.3 is 0 Å².